The van der Waals surface area contributed by atoms with Crippen LogP contribution in [0.2, 0.25) is 5.02 Å². The normalized spacial score (nSPS) is 10.7. The number of aromatic nitrogens is 2. The summed E-state index contributed by atoms with van der Waals surface area (Å²) in [7, 11) is 0. The van der Waals surface area contributed by atoms with Crippen molar-refractivity contribution in [2.45, 2.75) is 20.3 Å². The minimum Gasteiger partial charge on any atom is -0.369 e. The molecule has 0 spiro atoms. The van der Waals surface area contributed by atoms with Gasteiger partial charge in [-0.25, -0.2) is 9.97 Å². The predicted octanol–water partition coefficient (Wildman–Crippen LogP) is 5.29. The van der Waals surface area contributed by atoms with E-state index in [4.69, 9.17) is 11.6 Å². The van der Waals surface area contributed by atoms with Gasteiger partial charge >= 0.3 is 0 Å². The van der Waals surface area contributed by atoms with Gasteiger partial charge in [0.05, 0.1) is 9.26 Å². The smallest absolute Gasteiger partial charge is 0.162 e. The number of anilines is 1. The van der Waals surface area contributed by atoms with Crippen LogP contribution < -0.4 is 5.32 Å². The Morgan fingerprint density at radius 2 is 2.10 bits per heavy atom. The Bertz CT molecular complexity index is 634. The molecule has 3 nitrogen and oxygen atoms in total. The van der Waals surface area contributed by atoms with Crippen molar-refractivity contribution in [3.8, 4) is 11.4 Å². The molecule has 0 saturated heterocycles. The second kappa shape index (κ2) is 7.04. The minimum atomic E-state index is 0.687. The third-order valence-electron chi connectivity index (χ3n) is 2.73. The molecule has 0 aliphatic heterocycles. The maximum atomic E-state index is 5.98. The van der Waals surface area contributed by atoms with E-state index >= 15 is 0 Å². The first-order chi connectivity index (χ1) is 9.52. The Labute approximate surface area is 145 Å². The molecule has 1 heterocycles. The van der Waals surface area contributed by atoms with E-state index in [9.17, 15) is 0 Å². The number of hydrogen-bond acceptors (Lipinski definition) is 3. The summed E-state index contributed by atoms with van der Waals surface area (Å²) in [4.78, 5) is 9.20. The Hall–Kier alpha value is -0.400. The summed E-state index contributed by atoms with van der Waals surface area (Å²) in [5, 5.41) is 4.03. The fraction of sp³-hybridized carbons (Fsp3) is 0.286. The van der Waals surface area contributed by atoms with Gasteiger partial charge in [0.15, 0.2) is 5.82 Å². The van der Waals surface area contributed by atoms with Gasteiger partial charge in [-0.05, 0) is 70.1 Å². The predicted molar refractivity (Wildman–Crippen MR) is 96.4 cm³/mol. The van der Waals surface area contributed by atoms with E-state index in [2.05, 4.69) is 60.7 Å². The molecule has 106 valence electrons. The maximum absolute atomic E-state index is 5.98. The first-order valence-corrected chi connectivity index (χ1v) is 8.51. The van der Waals surface area contributed by atoms with Crippen LogP contribution in [0.1, 0.15) is 19.0 Å². The summed E-state index contributed by atoms with van der Waals surface area (Å²) in [6.07, 6.45) is 1.05. The van der Waals surface area contributed by atoms with Crippen LogP contribution in [0.5, 0.6) is 0 Å². The monoisotopic (exact) mass is 465 g/mol. The number of halogens is 3. The lowest BCUT2D eigenvalue weighted by Crippen LogP contribution is -2.07. The van der Waals surface area contributed by atoms with E-state index in [1.807, 2.05) is 25.1 Å². The molecule has 0 saturated carbocycles. The highest BCUT2D eigenvalue weighted by Crippen LogP contribution is 2.30. The van der Waals surface area contributed by atoms with Crippen molar-refractivity contribution in [1.29, 1.82) is 0 Å². The quantitative estimate of drug-likeness (QED) is 0.622. The lowest BCUT2D eigenvalue weighted by atomic mass is 10.2. The molecule has 2 aromatic rings. The zero-order valence-corrected chi connectivity index (χ0v) is 15.7. The molecule has 6 heteroatoms. The second-order valence-corrected chi connectivity index (χ2v) is 6.72. The zero-order valence-electron chi connectivity index (χ0n) is 11.2. The van der Waals surface area contributed by atoms with Gasteiger partial charge in [0, 0.05) is 21.6 Å². The number of nitrogens with zero attached hydrogens (tertiary/aromatic N) is 2. The third kappa shape index (κ3) is 3.62. The van der Waals surface area contributed by atoms with Crippen LogP contribution in [0.4, 0.5) is 5.82 Å². The molecule has 1 aromatic heterocycles. The third-order valence-corrected chi connectivity index (χ3v) is 4.91. The van der Waals surface area contributed by atoms with Gasteiger partial charge in [0.1, 0.15) is 5.82 Å². The van der Waals surface area contributed by atoms with E-state index in [1.165, 1.54) is 0 Å². The van der Waals surface area contributed by atoms with Gasteiger partial charge < -0.3 is 5.32 Å². The summed E-state index contributed by atoms with van der Waals surface area (Å²) in [5.74, 6) is 1.59. The van der Waals surface area contributed by atoms with Crippen molar-refractivity contribution in [3.63, 3.8) is 0 Å². The first-order valence-electron chi connectivity index (χ1n) is 6.26. The Kier molecular flexibility index (Phi) is 5.63. The summed E-state index contributed by atoms with van der Waals surface area (Å²) >= 11 is 11.8. The van der Waals surface area contributed by atoms with Crippen LogP contribution in [0.3, 0.4) is 0 Å². The summed E-state index contributed by atoms with van der Waals surface area (Å²) in [6, 6.07) is 5.63. The highest BCUT2D eigenvalue weighted by atomic mass is 127. The van der Waals surface area contributed by atoms with Gasteiger partial charge in [-0.15, -0.1) is 0 Å². The fourth-order valence-corrected chi connectivity index (χ4v) is 3.00. The van der Waals surface area contributed by atoms with Crippen molar-refractivity contribution in [2.24, 2.45) is 0 Å². The molecule has 0 aliphatic rings. The minimum absolute atomic E-state index is 0.687. The highest BCUT2D eigenvalue weighted by molar-refractivity contribution is 14.1. The van der Waals surface area contributed by atoms with E-state index in [1.54, 1.807) is 0 Å². The van der Waals surface area contributed by atoms with E-state index < -0.39 is 0 Å². The Balaban J connectivity index is 2.48. The van der Waals surface area contributed by atoms with Crippen LogP contribution in [-0.4, -0.2) is 16.5 Å². The average molecular weight is 467 g/mol. The fourth-order valence-electron chi connectivity index (χ4n) is 1.71. The lowest BCUT2D eigenvalue weighted by molar-refractivity contribution is 0.958. The highest BCUT2D eigenvalue weighted by Gasteiger charge is 2.12. The second-order valence-electron chi connectivity index (χ2n) is 4.35. The first kappa shape index (κ1) is 16.0. The maximum Gasteiger partial charge on any atom is 0.162 e. The van der Waals surface area contributed by atoms with Crippen molar-refractivity contribution in [3.05, 3.63) is 37.0 Å². The van der Waals surface area contributed by atoms with Crippen LogP contribution in [0.15, 0.2) is 22.7 Å². The van der Waals surface area contributed by atoms with Gasteiger partial charge in [-0.2, -0.15) is 0 Å². The van der Waals surface area contributed by atoms with Crippen LogP contribution >= 0.6 is 50.1 Å². The number of aryl methyl sites for hydroxylation is 1. The van der Waals surface area contributed by atoms with Crippen LogP contribution in [-0.2, 0) is 0 Å². The van der Waals surface area contributed by atoms with E-state index in [0.29, 0.717) is 10.8 Å². The lowest BCUT2D eigenvalue weighted by Gasteiger charge is -2.11. The molecule has 0 unspecified atom stereocenters. The van der Waals surface area contributed by atoms with E-state index in [0.717, 1.165) is 38.1 Å². The molecular weight excluding hydrogens is 452 g/mol. The number of nitrogens with one attached hydrogen (secondary N) is 1. The molecule has 0 fully saturated rings. The molecule has 1 aromatic carbocycles. The molecular formula is C14H14BrClIN3. The largest absolute Gasteiger partial charge is 0.369 e. The number of benzene rings is 1. The standard InChI is InChI=1S/C14H14BrClIN3/c1-3-6-18-14-12(17)8(2)19-13(20-14)10-5-4-9(16)7-11(10)15/h4-5,7H,3,6H2,1-2H3,(H,18,19,20). The zero-order chi connectivity index (χ0) is 14.7. The molecule has 2 rings (SSSR count). The van der Waals surface area contributed by atoms with Gasteiger partial charge in [0.2, 0.25) is 0 Å². The molecule has 0 radical (unpaired) electrons. The van der Waals surface area contributed by atoms with Crippen molar-refractivity contribution in [1.82, 2.24) is 9.97 Å². The average Bonchev–Trinajstić information content (AvgIpc) is 2.40. The van der Waals surface area contributed by atoms with Gasteiger partial charge in [0.25, 0.3) is 0 Å². The number of hydrogen-bond donors (Lipinski definition) is 1. The SMILES string of the molecule is CCCNc1nc(-c2ccc(Cl)cc2Br)nc(C)c1I. The summed E-state index contributed by atoms with van der Waals surface area (Å²) < 4.78 is 1.96. The molecule has 1 N–H and O–H groups in total. The van der Waals surface area contributed by atoms with Crippen LogP contribution in [0, 0.1) is 10.5 Å². The van der Waals surface area contributed by atoms with Crippen molar-refractivity contribution in [2.75, 3.05) is 11.9 Å². The van der Waals surface area contributed by atoms with Gasteiger partial charge in [-0.1, -0.05) is 18.5 Å². The molecule has 0 atom stereocenters. The Morgan fingerprint density at radius 3 is 2.75 bits per heavy atom. The molecule has 0 amide bonds. The molecule has 20 heavy (non-hydrogen) atoms. The Morgan fingerprint density at radius 1 is 1.35 bits per heavy atom. The topological polar surface area (TPSA) is 37.8 Å². The van der Waals surface area contributed by atoms with Gasteiger partial charge in [-0.3, -0.25) is 0 Å². The molecule has 0 bridgehead atoms. The van der Waals surface area contributed by atoms with Crippen molar-refractivity contribution >= 4 is 55.9 Å². The summed E-state index contributed by atoms with van der Waals surface area (Å²) in [5.41, 5.74) is 1.91. The van der Waals surface area contributed by atoms with E-state index in [-0.39, 0.29) is 0 Å². The van der Waals surface area contributed by atoms with Crippen molar-refractivity contribution < 1.29 is 0 Å². The molecule has 0 aliphatic carbocycles. The van der Waals surface area contributed by atoms with Crippen LogP contribution in [0.25, 0.3) is 11.4 Å². The number of rotatable bonds is 4. The summed E-state index contributed by atoms with van der Waals surface area (Å²) in [6.45, 7) is 5.02.